The van der Waals surface area contributed by atoms with Gasteiger partial charge in [-0.3, -0.25) is 0 Å². The Morgan fingerprint density at radius 3 is 2.26 bits per heavy atom. The van der Waals surface area contributed by atoms with Crippen LogP contribution < -0.4 is 9.47 Å². The summed E-state index contributed by atoms with van der Waals surface area (Å²) in [4.78, 5) is -0.497. The molecule has 0 unspecified atom stereocenters. The molecule has 1 saturated carbocycles. The fourth-order valence-electron chi connectivity index (χ4n) is 2.68. The second-order valence-electron chi connectivity index (χ2n) is 6.12. The van der Waals surface area contributed by atoms with Gasteiger partial charge in [0, 0.05) is 12.6 Å². The van der Waals surface area contributed by atoms with Crippen molar-refractivity contribution in [2.24, 2.45) is 0 Å². The molecule has 1 aliphatic rings. The maximum Gasteiger partial charge on any atom is 0.573 e. The van der Waals surface area contributed by atoms with Crippen LogP contribution in [0.5, 0.6) is 11.5 Å². The number of ether oxygens (including phenoxy) is 2. The highest BCUT2D eigenvalue weighted by Gasteiger charge is 2.41. The summed E-state index contributed by atoms with van der Waals surface area (Å²) in [5, 5.41) is 0. The highest BCUT2D eigenvalue weighted by Crippen LogP contribution is 2.37. The average molecular weight is 401 g/mol. The normalized spacial score (nSPS) is 15.0. The Morgan fingerprint density at radius 1 is 1.07 bits per heavy atom. The van der Waals surface area contributed by atoms with Gasteiger partial charge in [0.25, 0.3) is 0 Å². The standard InChI is InChI=1S/C18H18F3NO4S/c1-25-15-10-6-13(7-11-15)12-22(14-8-9-14)27(23,24)17-5-3-2-4-16(17)26-18(19,20)21/h2-7,10-11,14H,8-9,12H2,1H3. The number of hydrogen-bond acceptors (Lipinski definition) is 4. The Bertz CT molecular complexity index is 894. The van der Waals surface area contributed by atoms with E-state index in [-0.39, 0.29) is 12.6 Å². The van der Waals surface area contributed by atoms with Crippen molar-refractivity contribution in [3.05, 3.63) is 54.1 Å². The number of benzene rings is 2. The lowest BCUT2D eigenvalue weighted by atomic mass is 10.2. The summed E-state index contributed by atoms with van der Waals surface area (Å²) in [5.41, 5.74) is 0.709. The summed E-state index contributed by atoms with van der Waals surface area (Å²) in [7, 11) is -2.66. The van der Waals surface area contributed by atoms with Crippen molar-refractivity contribution < 1.29 is 31.1 Å². The Hall–Kier alpha value is -2.26. The minimum Gasteiger partial charge on any atom is -0.497 e. The Balaban J connectivity index is 1.93. The van der Waals surface area contributed by atoms with Crippen LogP contribution in [0.3, 0.4) is 0 Å². The number of rotatable bonds is 7. The Labute approximate surface area is 155 Å². The lowest BCUT2D eigenvalue weighted by Gasteiger charge is -2.23. The molecule has 2 aromatic rings. The molecular weight excluding hydrogens is 383 g/mol. The van der Waals surface area contributed by atoms with Gasteiger partial charge >= 0.3 is 6.36 Å². The van der Waals surface area contributed by atoms with Crippen LogP contribution in [0.2, 0.25) is 0 Å². The van der Waals surface area contributed by atoms with Gasteiger partial charge in [0.15, 0.2) is 0 Å². The molecule has 0 saturated heterocycles. The van der Waals surface area contributed by atoms with E-state index in [1.54, 1.807) is 24.3 Å². The van der Waals surface area contributed by atoms with E-state index in [0.29, 0.717) is 24.2 Å². The quantitative estimate of drug-likeness (QED) is 0.705. The summed E-state index contributed by atoms with van der Waals surface area (Å²) in [6.07, 6.45) is -3.65. The van der Waals surface area contributed by atoms with Crippen molar-refractivity contribution in [1.29, 1.82) is 0 Å². The number of methoxy groups -OCH3 is 1. The molecule has 2 aromatic carbocycles. The van der Waals surface area contributed by atoms with Gasteiger partial charge in [-0.2, -0.15) is 4.31 Å². The van der Waals surface area contributed by atoms with E-state index in [0.717, 1.165) is 12.1 Å². The molecule has 9 heteroatoms. The highest BCUT2D eigenvalue weighted by atomic mass is 32.2. The van der Waals surface area contributed by atoms with Crippen molar-refractivity contribution in [3.63, 3.8) is 0 Å². The van der Waals surface area contributed by atoms with Crippen LogP contribution in [0.4, 0.5) is 13.2 Å². The molecule has 0 spiro atoms. The SMILES string of the molecule is COc1ccc(CN(C2CC2)S(=O)(=O)c2ccccc2OC(F)(F)F)cc1. The Morgan fingerprint density at radius 2 is 1.70 bits per heavy atom. The topological polar surface area (TPSA) is 55.8 Å². The maximum absolute atomic E-state index is 13.1. The fraction of sp³-hybridized carbons (Fsp3) is 0.333. The molecule has 0 aliphatic heterocycles. The molecule has 3 rings (SSSR count). The lowest BCUT2D eigenvalue weighted by Crippen LogP contribution is -2.33. The predicted octanol–water partition coefficient (Wildman–Crippen LogP) is 3.95. The van der Waals surface area contributed by atoms with Gasteiger partial charge in [-0.25, -0.2) is 8.42 Å². The molecule has 5 nitrogen and oxygen atoms in total. The lowest BCUT2D eigenvalue weighted by molar-refractivity contribution is -0.275. The molecular formula is C18H18F3NO4S. The average Bonchev–Trinajstić information content (AvgIpc) is 3.44. The second kappa shape index (κ2) is 7.40. The van der Waals surface area contributed by atoms with Crippen molar-refractivity contribution in [2.75, 3.05) is 7.11 Å². The number of para-hydroxylation sites is 1. The van der Waals surface area contributed by atoms with Gasteiger partial charge in [-0.1, -0.05) is 24.3 Å². The molecule has 0 heterocycles. The summed E-state index contributed by atoms with van der Waals surface area (Å²) < 4.78 is 74.4. The van der Waals surface area contributed by atoms with Gasteiger partial charge in [0.1, 0.15) is 16.4 Å². The van der Waals surface area contributed by atoms with E-state index in [1.807, 2.05) is 0 Å². The van der Waals surface area contributed by atoms with Crippen LogP contribution >= 0.6 is 0 Å². The first kappa shape index (κ1) is 19.5. The van der Waals surface area contributed by atoms with Gasteiger partial charge < -0.3 is 9.47 Å². The number of halogens is 3. The molecule has 27 heavy (non-hydrogen) atoms. The van der Waals surface area contributed by atoms with Crippen LogP contribution in [-0.4, -0.2) is 32.2 Å². The summed E-state index contributed by atoms with van der Waals surface area (Å²) in [6, 6.07) is 11.4. The number of hydrogen-bond donors (Lipinski definition) is 0. The van der Waals surface area contributed by atoms with Gasteiger partial charge in [0.05, 0.1) is 7.11 Å². The Kier molecular flexibility index (Phi) is 5.34. The monoisotopic (exact) mass is 401 g/mol. The number of nitrogens with zero attached hydrogens (tertiary/aromatic N) is 1. The molecule has 0 amide bonds. The molecule has 1 aliphatic carbocycles. The molecule has 0 atom stereocenters. The maximum atomic E-state index is 13.1. The summed E-state index contributed by atoms with van der Waals surface area (Å²) in [5.74, 6) is -0.103. The third kappa shape index (κ3) is 4.72. The van der Waals surface area contributed by atoms with Crippen LogP contribution in [0.1, 0.15) is 18.4 Å². The van der Waals surface area contributed by atoms with Crippen LogP contribution in [-0.2, 0) is 16.6 Å². The van der Waals surface area contributed by atoms with Crippen molar-refractivity contribution in [3.8, 4) is 11.5 Å². The van der Waals surface area contributed by atoms with Crippen LogP contribution in [0, 0.1) is 0 Å². The number of alkyl halides is 3. The van der Waals surface area contributed by atoms with Gasteiger partial charge in [0.2, 0.25) is 10.0 Å². The van der Waals surface area contributed by atoms with Crippen LogP contribution in [0.25, 0.3) is 0 Å². The predicted molar refractivity (Wildman–Crippen MR) is 91.9 cm³/mol. The first-order valence-electron chi connectivity index (χ1n) is 8.20. The molecule has 0 bridgehead atoms. The zero-order valence-electron chi connectivity index (χ0n) is 14.4. The third-order valence-electron chi connectivity index (χ3n) is 4.11. The molecule has 0 N–H and O–H groups in total. The second-order valence-corrected chi connectivity index (χ2v) is 7.98. The molecule has 0 aromatic heterocycles. The first-order chi connectivity index (χ1) is 12.7. The minimum atomic E-state index is -4.98. The molecule has 1 fully saturated rings. The van der Waals surface area contributed by atoms with Crippen molar-refractivity contribution in [2.45, 2.75) is 36.7 Å². The zero-order valence-corrected chi connectivity index (χ0v) is 15.3. The van der Waals surface area contributed by atoms with E-state index in [4.69, 9.17) is 4.74 Å². The minimum absolute atomic E-state index is 0.0529. The fourth-order valence-corrected chi connectivity index (χ4v) is 4.47. The molecule has 146 valence electrons. The van der Waals surface area contributed by atoms with Gasteiger partial charge in [-0.05, 0) is 42.7 Å². The van der Waals surface area contributed by atoms with Crippen LogP contribution in [0.15, 0.2) is 53.4 Å². The van der Waals surface area contributed by atoms with E-state index in [1.165, 1.54) is 23.5 Å². The van der Waals surface area contributed by atoms with E-state index in [9.17, 15) is 21.6 Å². The molecule has 0 radical (unpaired) electrons. The third-order valence-corrected chi connectivity index (χ3v) is 6.05. The number of sulfonamides is 1. The van der Waals surface area contributed by atoms with E-state index < -0.39 is 27.0 Å². The summed E-state index contributed by atoms with van der Waals surface area (Å²) >= 11 is 0. The largest absolute Gasteiger partial charge is 0.573 e. The highest BCUT2D eigenvalue weighted by molar-refractivity contribution is 7.89. The zero-order chi connectivity index (χ0) is 19.7. The van der Waals surface area contributed by atoms with Crippen molar-refractivity contribution in [1.82, 2.24) is 4.31 Å². The smallest absolute Gasteiger partial charge is 0.497 e. The van der Waals surface area contributed by atoms with E-state index >= 15 is 0 Å². The first-order valence-corrected chi connectivity index (χ1v) is 9.64. The van der Waals surface area contributed by atoms with Crippen molar-refractivity contribution >= 4 is 10.0 Å². The van der Waals surface area contributed by atoms with Gasteiger partial charge in [-0.15, -0.1) is 13.2 Å². The summed E-state index contributed by atoms with van der Waals surface area (Å²) in [6.45, 7) is 0.0529. The van der Waals surface area contributed by atoms with E-state index in [2.05, 4.69) is 4.74 Å².